The summed E-state index contributed by atoms with van der Waals surface area (Å²) in [5, 5.41) is 0.968. The average molecular weight is 339 g/mol. The van der Waals surface area contributed by atoms with Crippen molar-refractivity contribution in [2.24, 2.45) is 5.73 Å². The smallest absolute Gasteiger partial charge is 0.227 e. The third-order valence-electron chi connectivity index (χ3n) is 4.42. The number of methoxy groups -OCH3 is 1. The van der Waals surface area contributed by atoms with Gasteiger partial charge in [0, 0.05) is 36.1 Å². The molecule has 2 heterocycles. The Bertz CT molecular complexity index is 671. The summed E-state index contributed by atoms with van der Waals surface area (Å²) in [4.78, 5) is 14.5. The monoisotopic (exact) mass is 338 g/mol. The van der Waals surface area contributed by atoms with Gasteiger partial charge in [-0.1, -0.05) is 0 Å². The van der Waals surface area contributed by atoms with E-state index in [2.05, 4.69) is 0 Å². The highest BCUT2D eigenvalue weighted by Gasteiger charge is 2.26. The summed E-state index contributed by atoms with van der Waals surface area (Å²) in [5.41, 5.74) is 7.47. The molecule has 1 aromatic heterocycles. The van der Waals surface area contributed by atoms with E-state index in [0.717, 1.165) is 48.1 Å². The number of benzene rings is 1. The lowest BCUT2D eigenvalue weighted by molar-refractivity contribution is -0.133. The number of halogens is 1. The van der Waals surface area contributed by atoms with E-state index in [9.17, 15) is 4.79 Å². The summed E-state index contributed by atoms with van der Waals surface area (Å²) in [7, 11) is 1.62. The molecule has 1 unspecified atom stereocenters. The molecule has 1 aromatic carbocycles. The molecule has 1 aliphatic rings. The van der Waals surface area contributed by atoms with Gasteiger partial charge in [-0.3, -0.25) is 4.79 Å². The van der Waals surface area contributed by atoms with E-state index in [1.54, 1.807) is 13.4 Å². The fourth-order valence-electron chi connectivity index (χ4n) is 3.17. The van der Waals surface area contributed by atoms with E-state index in [1.165, 1.54) is 0 Å². The first-order valence-corrected chi connectivity index (χ1v) is 7.76. The summed E-state index contributed by atoms with van der Waals surface area (Å²) in [6.45, 7) is 1.35. The fourth-order valence-corrected chi connectivity index (χ4v) is 3.17. The average Bonchev–Trinajstić information content (AvgIpc) is 2.96. The normalized spacial score (nSPS) is 17.8. The van der Waals surface area contributed by atoms with Crippen molar-refractivity contribution in [2.45, 2.75) is 31.7 Å². The molecule has 3 rings (SSSR count). The minimum atomic E-state index is 0. The van der Waals surface area contributed by atoms with Gasteiger partial charge in [-0.2, -0.15) is 0 Å². The molecular weight excluding hydrogens is 316 g/mol. The Morgan fingerprint density at radius 3 is 3.00 bits per heavy atom. The Labute approximate surface area is 142 Å². The number of hydrogen-bond acceptors (Lipinski definition) is 4. The summed E-state index contributed by atoms with van der Waals surface area (Å²) in [5.74, 6) is 0.882. The Morgan fingerprint density at radius 1 is 1.43 bits per heavy atom. The number of carbonyl (C=O) groups excluding carboxylic acids is 1. The second-order valence-corrected chi connectivity index (χ2v) is 5.77. The van der Waals surface area contributed by atoms with Crippen molar-refractivity contribution in [2.75, 3.05) is 20.2 Å². The van der Waals surface area contributed by atoms with Crippen LogP contribution in [-0.4, -0.2) is 37.0 Å². The zero-order chi connectivity index (χ0) is 15.5. The molecule has 1 atom stereocenters. The number of amides is 1. The van der Waals surface area contributed by atoms with E-state index < -0.39 is 0 Å². The Morgan fingerprint density at radius 2 is 2.26 bits per heavy atom. The van der Waals surface area contributed by atoms with Crippen LogP contribution in [0.15, 0.2) is 28.9 Å². The maximum atomic E-state index is 12.6. The fraction of sp³-hybridized carbons (Fsp3) is 0.471. The number of nitrogens with zero attached hydrogens (tertiary/aromatic N) is 1. The van der Waals surface area contributed by atoms with Crippen molar-refractivity contribution >= 4 is 29.3 Å². The minimum Gasteiger partial charge on any atom is -0.497 e. The zero-order valence-corrected chi connectivity index (χ0v) is 14.1. The predicted molar refractivity (Wildman–Crippen MR) is 92.1 cm³/mol. The first-order valence-electron chi connectivity index (χ1n) is 7.76. The molecule has 126 valence electrons. The Hall–Kier alpha value is -1.72. The second-order valence-electron chi connectivity index (χ2n) is 5.77. The molecule has 1 fully saturated rings. The summed E-state index contributed by atoms with van der Waals surface area (Å²) >= 11 is 0. The molecule has 0 aliphatic carbocycles. The van der Waals surface area contributed by atoms with Gasteiger partial charge in [-0.05, 0) is 31.4 Å². The number of piperidine rings is 1. The number of nitrogens with two attached hydrogens (primary N) is 1. The molecule has 2 aromatic rings. The molecule has 1 aliphatic heterocycles. The third-order valence-corrected chi connectivity index (χ3v) is 4.42. The first-order chi connectivity index (χ1) is 10.7. The van der Waals surface area contributed by atoms with Crippen LogP contribution in [0, 0.1) is 0 Å². The van der Waals surface area contributed by atoms with Gasteiger partial charge in [0.1, 0.15) is 11.3 Å². The van der Waals surface area contributed by atoms with Crippen LogP contribution in [0.4, 0.5) is 0 Å². The van der Waals surface area contributed by atoms with E-state index >= 15 is 0 Å². The van der Waals surface area contributed by atoms with Crippen molar-refractivity contribution in [3.63, 3.8) is 0 Å². The first kappa shape index (κ1) is 17.6. The number of fused-ring (bicyclic) bond motifs is 1. The lowest BCUT2D eigenvalue weighted by atomic mass is 10.0. The number of carbonyl (C=O) groups is 1. The number of rotatable bonds is 4. The van der Waals surface area contributed by atoms with Gasteiger partial charge in [0.2, 0.25) is 5.91 Å². The van der Waals surface area contributed by atoms with Crippen molar-refractivity contribution in [3.8, 4) is 5.75 Å². The van der Waals surface area contributed by atoms with Crippen LogP contribution in [0.25, 0.3) is 11.0 Å². The molecule has 0 saturated carbocycles. The van der Waals surface area contributed by atoms with Gasteiger partial charge in [0.25, 0.3) is 0 Å². The van der Waals surface area contributed by atoms with Gasteiger partial charge in [0.05, 0.1) is 19.8 Å². The Kier molecular flexibility index (Phi) is 5.91. The number of hydrogen-bond donors (Lipinski definition) is 1. The summed E-state index contributed by atoms with van der Waals surface area (Å²) in [6, 6.07) is 5.85. The van der Waals surface area contributed by atoms with Gasteiger partial charge >= 0.3 is 0 Å². The molecule has 5 nitrogen and oxygen atoms in total. The van der Waals surface area contributed by atoms with E-state index in [1.807, 2.05) is 23.1 Å². The Balaban J connectivity index is 0.00000192. The molecule has 1 amide bonds. The lowest BCUT2D eigenvalue weighted by Crippen LogP contribution is -2.48. The molecule has 0 spiro atoms. The highest BCUT2D eigenvalue weighted by atomic mass is 35.5. The van der Waals surface area contributed by atoms with Crippen LogP contribution in [0.1, 0.15) is 24.8 Å². The third kappa shape index (κ3) is 3.62. The highest BCUT2D eigenvalue weighted by Crippen LogP contribution is 2.27. The van der Waals surface area contributed by atoms with Crippen LogP contribution in [-0.2, 0) is 11.2 Å². The number of furan rings is 1. The lowest BCUT2D eigenvalue weighted by Gasteiger charge is -2.35. The number of likely N-dealkylation sites (tertiary alicyclic amines) is 1. The second kappa shape index (κ2) is 7.70. The summed E-state index contributed by atoms with van der Waals surface area (Å²) in [6.07, 6.45) is 5.25. The quantitative estimate of drug-likeness (QED) is 0.930. The molecule has 6 heteroatoms. The van der Waals surface area contributed by atoms with Gasteiger partial charge in [-0.25, -0.2) is 0 Å². The standard InChI is InChI=1S/C17H22N2O3.ClH/c1-21-14-5-6-15-12(11-22-16(15)9-14)8-17(20)19-7-3-2-4-13(19)10-18;/h5-6,9,11,13H,2-4,7-8,10,18H2,1H3;1H. The van der Waals surface area contributed by atoms with Gasteiger partial charge in [-0.15, -0.1) is 12.4 Å². The van der Waals surface area contributed by atoms with Crippen molar-refractivity contribution < 1.29 is 13.9 Å². The topological polar surface area (TPSA) is 68.7 Å². The predicted octanol–water partition coefficient (Wildman–Crippen LogP) is 2.75. The zero-order valence-electron chi connectivity index (χ0n) is 13.3. The molecule has 0 radical (unpaired) electrons. The molecular formula is C17H23ClN2O3. The molecule has 2 N–H and O–H groups in total. The summed E-state index contributed by atoms with van der Waals surface area (Å²) < 4.78 is 10.7. The van der Waals surface area contributed by atoms with Crippen LogP contribution >= 0.6 is 12.4 Å². The van der Waals surface area contributed by atoms with Crippen molar-refractivity contribution in [3.05, 3.63) is 30.0 Å². The molecule has 0 bridgehead atoms. The molecule has 1 saturated heterocycles. The molecule has 23 heavy (non-hydrogen) atoms. The van der Waals surface area contributed by atoms with Gasteiger partial charge in [0.15, 0.2) is 0 Å². The maximum absolute atomic E-state index is 12.6. The number of ether oxygens (including phenoxy) is 1. The van der Waals surface area contributed by atoms with E-state index in [0.29, 0.717) is 13.0 Å². The van der Waals surface area contributed by atoms with Crippen molar-refractivity contribution in [1.29, 1.82) is 0 Å². The van der Waals surface area contributed by atoms with Crippen molar-refractivity contribution in [1.82, 2.24) is 4.90 Å². The minimum absolute atomic E-state index is 0. The SMILES string of the molecule is COc1ccc2c(CC(=O)N3CCCCC3CN)coc2c1.Cl. The van der Waals surface area contributed by atoms with Crippen LogP contribution in [0.3, 0.4) is 0 Å². The van der Waals surface area contributed by atoms with Crippen LogP contribution < -0.4 is 10.5 Å². The van der Waals surface area contributed by atoms with E-state index in [-0.39, 0.29) is 24.4 Å². The highest BCUT2D eigenvalue weighted by molar-refractivity contribution is 5.88. The van der Waals surface area contributed by atoms with E-state index in [4.69, 9.17) is 14.9 Å². The van der Waals surface area contributed by atoms with Crippen LogP contribution in [0.5, 0.6) is 5.75 Å². The van der Waals surface area contributed by atoms with Gasteiger partial charge < -0.3 is 19.8 Å². The largest absolute Gasteiger partial charge is 0.497 e. The maximum Gasteiger partial charge on any atom is 0.227 e. The van der Waals surface area contributed by atoms with Crippen LogP contribution in [0.2, 0.25) is 0 Å².